The number of hydrogen-bond donors (Lipinski definition) is 1. The Morgan fingerprint density at radius 3 is 1.65 bits per heavy atom. The van der Waals surface area contributed by atoms with Crippen LogP contribution in [0, 0.1) is 5.92 Å². The normalized spacial score (nSPS) is 14.2. The Bertz CT molecular complexity index is 865. The van der Waals surface area contributed by atoms with Gasteiger partial charge in [0.15, 0.2) is 0 Å². The number of aliphatic hydroxyl groups is 1. The monoisotopic (exact) mass is 432 g/mol. The zero-order valence-corrected chi connectivity index (χ0v) is 20.3. The summed E-state index contributed by atoms with van der Waals surface area (Å²) < 4.78 is 7.07. The van der Waals surface area contributed by atoms with Gasteiger partial charge in [0.1, 0.15) is 0 Å². The maximum atomic E-state index is 9.88. The first-order valence-electron chi connectivity index (χ1n) is 11.3. The smallest absolute Gasteiger partial charge is 0.261 e. The Balaban J connectivity index is 1.96. The molecule has 0 saturated heterocycles. The molecule has 0 aliphatic rings. The lowest BCUT2D eigenvalue weighted by Crippen LogP contribution is -2.66. The van der Waals surface area contributed by atoms with E-state index in [1.54, 1.807) is 0 Å². The molecule has 164 valence electrons. The zero-order chi connectivity index (χ0) is 22.3. The maximum absolute atomic E-state index is 9.88. The van der Waals surface area contributed by atoms with E-state index in [0.717, 1.165) is 6.42 Å². The van der Waals surface area contributed by atoms with Crippen molar-refractivity contribution in [2.75, 3.05) is 13.2 Å². The fourth-order valence-electron chi connectivity index (χ4n) is 4.71. The van der Waals surface area contributed by atoms with E-state index in [1.807, 2.05) is 6.07 Å². The second kappa shape index (κ2) is 10.4. The number of aliphatic hydroxyl groups excluding tert-OH is 1. The van der Waals surface area contributed by atoms with Gasteiger partial charge in [0, 0.05) is 13.2 Å². The minimum atomic E-state index is -2.52. The van der Waals surface area contributed by atoms with Crippen LogP contribution in [0.2, 0.25) is 5.04 Å². The topological polar surface area (TPSA) is 29.5 Å². The van der Waals surface area contributed by atoms with Crippen LogP contribution in [0.25, 0.3) is 0 Å². The summed E-state index contributed by atoms with van der Waals surface area (Å²) >= 11 is 0. The van der Waals surface area contributed by atoms with Gasteiger partial charge >= 0.3 is 0 Å². The van der Waals surface area contributed by atoms with Gasteiger partial charge in [-0.3, -0.25) is 0 Å². The second-order valence-electron chi connectivity index (χ2n) is 9.48. The van der Waals surface area contributed by atoms with Gasteiger partial charge in [0.05, 0.1) is 0 Å². The van der Waals surface area contributed by atoms with Crippen LogP contribution >= 0.6 is 0 Å². The molecular weight excluding hydrogens is 396 g/mol. The predicted octanol–water partition coefficient (Wildman–Crippen LogP) is 5.37. The molecule has 3 rings (SSSR count). The van der Waals surface area contributed by atoms with Gasteiger partial charge in [0.2, 0.25) is 0 Å². The maximum Gasteiger partial charge on any atom is 0.261 e. The molecule has 1 N–H and O–H groups in total. The van der Waals surface area contributed by atoms with Crippen molar-refractivity contribution < 1.29 is 9.53 Å². The average molecular weight is 433 g/mol. The highest BCUT2D eigenvalue weighted by Crippen LogP contribution is 2.37. The molecule has 0 bridgehead atoms. The third-order valence-electron chi connectivity index (χ3n) is 6.37. The van der Waals surface area contributed by atoms with Gasteiger partial charge < -0.3 is 9.53 Å². The Hall–Kier alpha value is -2.20. The van der Waals surface area contributed by atoms with E-state index >= 15 is 0 Å². The highest BCUT2D eigenvalue weighted by atomic mass is 28.4. The molecular formula is C28H36O2Si. The minimum absolute atomic E-state index is 0.0272. The fourth-order valence-corrected chi connectivity index (χ4v) is 9.29. The molecule has 3 aromatic carbocycles. The highest BCUT2D eigenvalue weighted by molar-refractivity contribution is 6.99. The van der Waals surface area contributed by atoms with Crippen LogP contribution in [0.3, 0.4) is 0 Å². The number of rotatable bonds is 9. The molecule has 0 fully saturated rings. The third-order valence-corrected chi connectivity index (χ3v) is 11.4. The van der Waals surface area contributed by atoms with Crippen LogP contribution in [-0.2, 0) is 4.43 Å². The molecule has 2 atom stereocenters. The molecule has 0 aromatic heterocycles. The molecule has 3 heteroatoms. The van der Waals surface area contributed by atoms with Crippen LogP contribution < -0.4 is 10.4 Å². The van der Waals surface area contributed by atoms with Gasteiger partial charge in [-0.25, -0.2) is 0 Å². The average Bonchev–Trinajstić information content (AvgIpc) is 2.80. The molecule has 0 aliphatic heterocycles. The molecule has 2 nitrogen and oxygen atoms in total. The summed E-state index contributed by atoms with van der Waals surface area (Å²) in [5, 5.41) is 12.5. The van der Waals surface area contributed by atoms with Crippen molar-refractivity contribution in [2.24, 2.45) is 5.92 Å². The summed E-state index contributed by atoms with van der Waals surface area (Å²) in [5.74, 6) is 0.453. The predicted molar refractivity (Wildman–Crippen MR) is 134 cm³/mol. The highest BCUT2D eigenvalue weighted by Gasteiger charge is 2.50. The SMILES string of the molecule is C[C@@H](CO)[C@@H](CCO[Si](c1ccccc1)(c1ccccc1)C(C)(C)C)c1ccccc1. The molecule has 0 heterocycles. The van der Waals surface area contributed by atoms with E-state index in [4.69, 9.17) is 4.43 Å². The van der Waals surface area contributed by atoms with E-state index in [0.29, 0.717) is 6.61 Å². The van der Waals surface area contributed by atoms with Gasteiger partial charge in [-0.1, -0.05) is 119 Å². The van der Waals surface area contributed by atoms with E-state index in [-0.39, 0.29) is 23.5 Å². The molecule has 0 spiro atoms. The van der Waals surface area contributed by atoms with Gasteiger partial charge in [-0.15, -0.1) is 0 Å². The van der Waals surface area contributed by atoms with E-state index in [2.05, 4.69) is 113 Å². The van der Waals surface area contributed by atoms with Crippen molar-refractivity contribution in [3.8, 4) is 0 Å². The summed E-state index contributed by atoms with van der Waals surface area (Å²) in [6.45, 7) is 9.90. The third kappa shape index (κ3) is 5.17. The lowest BCUT2D eigenvalue weighted by atomic mass is 9.85. The van der Waals surface area contributed by atoms with Crippen molar-refractivity contribution >= 4 is 18.7 Å². The largest absolute Gasteiger partial charge is 0.407 e. The zero-order valence-electron chi connectivity index (χ0n) is 19.3. The van der Waals surface area contributed by atoms with Gasteiger partial charge in [-0.05, 0) is 39.2 Å². The van der Waals surface area contributed by atoms with Crippen LogP contribution in [0.15, 0.2) is 91.0 Å². The van der Waals surface area contributed by atoms with E-state index in [9.17, 15) is 5.11 Å². The summed E-state index contributed by atoms with van der Waals surface area (Å²) in [6.07, 6.45) is 0.885. The molecule has 0 amide bonds. The van der Waals surface area contributed by atoms with Crippen LogP contribution in [0.5, 0.6) is 0 Å². The molecule has 0 saturated carbocycles. The lowest BCUT2D eigenvalue weighted by Gasteiger charge is -2.43. The van der Waals surface area contributed by atoms with Crippen molar-refractivity contribution in [3.63, 3.8) is 0 Å². The Labute approximate surface area is 189 Å². The van der Waals surface area contributed by atoms with Crippen molar-refractivity contribution in [2.45, 2.75) is 45.1 Å². The summed E-state index contributed by atoms with van der Waals surface area (Å²) in [7, 11) is -2.52. The lowest BCUT2D eigenvalue weighted by molar-refractivity contribution is 0.195. The first kappa shape index (κ1) is 23.5. The number of hydrogen-bond acceptors (Lipinski definition) is 2. The van der Waals surface area contributed by atoms with Crippen molar-refractivity contribution in [3.05, 3.63) is 96.6 Å². The molecule has 0 aliphatic carbocycles. The summed E-state index contributed by atoms with van der Waals surface area (Å²) in [6, 6.07) is 32.1. The second-order valence-corrected chi connectivity index (χ2v) is 13.8. The van der Waals surface area contributed by atoms with Gasteiger partial charge in [0.25, 0.3) is 8.32 Å². The number of benzene rings is 3. The van der Waals surface area contributed by atoms with E-state index in [1.165, 1.54) is 15.9 Å². The first-order chi connectivity index (χ1) is 14.9. The Kier molecular flexibility index (Phi) is 7.87. The van der Waals surface area contributed by atoms with Crippen LogP contribution in [-0.4, -0.2) is 26.6 Å². The molecule has 0 radical (unpaired) electrons. The van der Waals surface area contributed by atoms with E-state index < -0.39 is 8.32 Å². The van der Waals surface area contributed by atoms with Gasteiger partial charge in [-0.2, -0.15) is 0 Å². The van der Waals surface area contributed by atoms with Crippen LogP contribution in [0.1, 0.15) is 45.6 Å². The Morgan fingerprint density at radius 2 is 1.23 bits per heavy atom. The summed E-state index contributed by atoms with van der Waals surface area (Å²) in [4.78, 5) is 0. The standard InChI is InChI=1S/C28H36O2Si/c1-23(22-29)27(24-14-8-5-9-15-24)20-21-30-31(28(2,3)4,25-16-10-6-11-17-25)26-18-12-7-13-19-26/h5-19,23,27,29H,20-22H2,1-4H3/t23-,27+/m0/s1. The summed E-state index contributed by atoms with van der Waals surface area (Å²) in [5.41, 5.74) is 1.27. The van der Waals surface area contributed by atoms with Crippen molar-refractivity contribution in [1.29, 1.82) is 0 Å². The first-order valence-corrected chi connectivity index (χ1v) is 13.2. The van der Waals surface area contributed by atoms with Crippen LogP contribution in [0.4, 0.5) is 0 Å². The minimum Gasteiger partial charge on any atom is -0.407 e. The molecule has 3 aromatic rings. The fraction of sp³-hybridized carbons (Fsp3) is 0.357. The van der Waals surface area contributed by atoms with Crippen molar-refractivity contribution in [1.82, 2.24) is 0 Å². The Morgan fingerprint density at radius 1 is 0.774 bits per heavy atom. The quantitative estimate of drug-likeness (QED) is 0.461. The molecule has 0 unspecified atom stereocenters. The molecule has 31 heavy (non-hydrogen) atoms.